The predicted octanol–water partition coefficient (Wildman–Crippen LogP) is 2.64. The molecule has 0 radical (unpaired) electrons. The average Bonchev–Trinajstić information content (AvgIpc) is 2.62. The number of ether oxygens (including phenoxy) is 1. The van der Waals surface area contributed by atoms with Crippen molar-refractivity contribution in [3.05, 3.63) is 24.3 Å². The lowest BCUT2D eigenvalue weighted by atomic mass is 9.92. The zero-order valence-corrected chi connectivity index (χ0v) is 14.9. The van der Waals surface area contributed by atoms with Gasteiger partial charge in [-0.15, -0.1) is 0 Å². The first kappa shape index (κ1) is 19.1. The van der Waals surface area contributed by atoms with Gasteiger partial charge in [-0.2, -0.15) is 0 Å². The SMILES string of the molecule is CN(C)c1ccc(OC(=O)N2CCC(CCCC(=O)NO)CC2)cc1. The van der Waals surface area contributed by atoms with E-state index in [1.807, 2.05) is 31.1 Å². The molecule has 25 heavy (non-hydrogen) atoms. The molecule has 1 saturated heterocycles. The molecule has 2 rings (SSSR count). The number of piperidine rings is 1. The number of likely N-dealkylation sites (tertiary alicyclic amines) is 1. The van der Waals surface area contributed by atoms with Crippen LogP contribution >= 0.6 is 0 Å². The van der Waals surface area contributed by atoms with Crippen molar-refractivity contribution in [1.82, 2.24) is 10.4 Å². The Morgan fingerprint density at radius 3 is 2.44 bits per heavy atom. The van der Waals surface area contributed by atoms with Gasteiger partial charge in [0.1, 0.15) is 5.75 Å². The van der Waals surface area contributed by atoms with Gasteiger partial charge < -0.3 is 14.5 Å². The van der Waals surface area contributed by atoms with Crippen molar-refractivity contribution >= 4 is 17.7 Å². The number of hydrogen-bond acceptors (Lipinski definition) is 5. The summed E-state index contributed by atoms with van der Waals surface area (Å²) in [6, 6.07) is 7.42. The minimum atomic E-state index is -0.346. The van der Waals surface area contributed by atoms with Crippen LogP contribution in [-0.4, -0.2) is 49.3 Å². The molecule has 1 aromatic rings. The van der Waals surface area contributed by atoms with Crippen molar-refractivity contribution in [1.29, 1.82) is 0 Å². The van der Waals surface area contributed by atoms with Crippen LogP contribution in [0.1, 0.15) is 32.1 Å². The zero-order chi connectivity index (χ0) is 18.2. The predicted molar refractivity (Wildman–Crippen MR) is 94.9 cm³/mol. The van der Waals surface area contributed by atoms with Gasteiger partial charge >= 0.3 is 6.09 Å². The van der Waals surface area contributed by atoms with Crippen LogP contribution in [0.5, 0.6) is 5.75 Å². The molecule has 1 aliphatic rings. The number of carbonyl (C=O) groups excluding carboxylic acids is 2. The molecule has 2 N–H and O–H groups in total. The number of hydrogen-bond donors (Lipinski definition) is 2. The molecule has 0 atom stereocenters. The lowest BCUT2D eigenvalue weighted by Crippen LogP contribution is -2.40. The Balaban J connectivity index is 1.72. The number of carbonyl (C=O) groups is 2. The quantitative estimate of drug-likeness (QED) is 0.609. The molecule has 7 heteroatoms. The van der Waals surface area contributed by atoms with E-state index >= 15 is 0 Å². The number of hydroxylamine groups is 1. The van der Waals surface area contributed by atoms with Crippen molar-refractivity contribution in [3.63, 3.8) is 0 Å². The highest BCUT2D eigenvalue weighted by Gasteiger charge is 2.24. The van der Waals surface area contributed by atoms with E-state index in [0.29, 0.717) is 31.2 Å². The molecule has 0 aromatic heterocycles. The highest BCUT2D eigenvalue weighted by Crippen LogP contribution is 2.24. The number of rotatable bonds is 6. The summed E-state index contributed by atoms with van der Waals surface area (Å²) in [4.78, 5) is 27.0. The van der Waals surface area contributed by atoms with Gasteiger partial charge in [-0.25, -0.2) is 10.3 Å². The second kappa shape index (κ2) is 9.27. The fourth-order valence-electron chi connectivity index (χ4n) is 2.99. The van der Waals surface area contributed by atoms with Gasteiger partial charge in [0, 0.05) is 39.3 Å². The summed E-state index contributed by atoms with van der Waals surface area (Å²) in [5, 5.41) is 8.47. The van der Waals surface area contributed by atoms with Gasteiger partial charge in [-0.05, 0) is 55.9 Å². The highest BCUT2D eigenvalue weighted by molar-refractivity contribution is 5.74. The van der Waals surface area contributed by atoms with Crippen LogP contribution in [0.15, 0.2) is 24.3 Å². The van der Waals surface area contributed by atoms with Crippen LogP contribution in [0, 0.1) is 5.92 Å². The molecule has 2 amide bonds. The zero-order valence-electron chi connectivity index (χ0n) is 14.9. The van der Waals surface area contributed by atoms with Crippen molar-refractivity contribution in [2.75, 3.05) is 32.1 Å². The maximum Gasteiger partial charge on any atom is 0.415 e. The van der Waals surface area contributed by atoms with E-state index in [0.717, 1.165) is 31.4 Å². The van der Waals surface area contributed by atoms with Crippen molar-refractivity contribution in [3.8, 4) is 5.75 Å². The molecule has 1 aromatic carbocycles. The van der Waals surface area contributed by atoms with Crippen LogP contribution in [0.25, 0.3) is 0 Å². The van der Waals surface area contributed by atoms with E-state index in [1.54, 1.807) is 22.5 Å². The second-order valence-electron chi connectivity index (χ2n) is 6.61. The van der Waals surface area contributed by atoms with E-state index in [2.05, 4.69) is 0 Å². The Hall–Kier alpha value is -2.28. The number of amides is 2. The Labute approximate surface area is 148 Å². The third-order valence-electron chi connectivity index (χ3n) is 4.57. The molecule has 0 saturated carbocycles. The molecule has 138 valence electrons. The first-order valence-electron chi connectivity index (χ1n) is 8.66. The van der Waals surface area contributed by atoms with Gasteiger partial charge in [0.05, 0.1) is 0 Å². The summed E-state index contributed by atoms with van der Waals surface area (Å²) in [5.74, 6) is 0.712. The van der Waals surface area contributed by atoms with Crippen molar-refractivity contribution in [2.24, 2.45) is 5.92 Å². The average molecular weight is 349 g/mol. The molecule has 1 heterocycles. The van der Waals surface area contributed by atoms with Crippen LogP contribution in [0.2, 0.25) is 0 Å². The van der Waals surface area contributed by atoms with E-state index in [1.165, 1.54) is 0 Å². The first-order chi connectivity index (χ1) is 12.0. The van der Waals surface area contributed by atoms with Crippen LogP contribution in [0.4, 0.5) is 10.5 Å². The third-order valence-corrected chi connectivity index (χ3v) is 4.57. The molecule has 0 unspecified atom stereocenters. The second-order valence-corrected chi connectivity index (χ2v) is 6.61. The van der Waals surface area contributed by atoms with Crippen LogP contribution in [-0.2, 0) is 4.79 Å². The minimum Gasteiger partial charge on any atom is -0.410 e. The number of anilines is 1. The maximum absolute atomic E-state index is 12.2. The summed E-state index contributed by atoms with van der Waals surface area (Å²) in [5.41, 5.74) is 2.70. The lowest BCUT2D eigenvalue weighted by Gasteiger charge is -2.31. The topological polar surface area (TPSA) is 82.1 Å². The molecular formula is C18H27N3O4. The van der Waals surface area contributed by atoms with Gasteiger partial charge in [0.15, 0.2) is 0 Å². The largest absolute Gasteiger partial charge is 0.415 e. The minimum absolute atomic E-state index is 0.310. The smallest absolute Gasteiger partial charge is 0.410 e. The summed E-state index contributed by atoms with van der Waals surface area (Å²) in [6.07, 6.45) is 3.53. The summed E-state index contributed by atoms with van der Waals surface area (Å²) in [6.45, 7) is 1.34. The summed E-state index contributed by atoms with van der Waals surface area (Å²) in [7, 11) is 3.92. The summed E-state index contributed by atoms with van der Waals surface area (Å²) >= 11 is 0. The maximum atomic E-state index is 12.2. The third kappa shape index (κ3) is 5.94. The lowest BCUT2D eigenvalue weighted by molar-refractivity contribution is -0.129. The Bertz CT molecular complexity index is 566. The van der Waals surface area contributed by atoms with Gasteiger partial charge in [-0.3, -0.25) is 10.0 Å². The Kier molecular flexibility index (Phi) is 7.06. The molecule has 0 spiro atoms. The first-order valence-corrected chi connectivity index (χ1v) is 8.66. The summed E-state index contributed by atoms with van der Waals surface area (Å²) < 4.78 is 5.44. The fourth-order valence-corrected chi connectivity index (χ4v) is 2.99. The normalized spacial score (nSPS) is 14.9. The number of nitrogens with one attached hydrogen (secondary N) is 1. The Morgan fingerprint density at radius 1 is 1.24 bits per heavy atom. The molecule has 1 fully saturated rings. The standard InChI is InChI=1S/C18H27N3O4/c1-20(2)15-6-8-16(9-7-15)25-18(23)21-12-10-14(11-13-21)4-3-5-17(22)19-24/h6-9,14,24H,3-5,10-13H2,1-2H3,(H,19,22). The molecule has 1 aliphatic heterocycles. The van der Waals surface area contributed by atoms with Gasteiger partial charge in [0.25, 0.3) is 0 Å². The Morgan fingerprint density at radius 2 is 1.88 bits per heavy atom. The van der Waals surface area contributed by atoms with Crippen molar-refractivity contribution in [2.45, 2.75) is 32.1 Å². The van der Waals surface area contributed by atoms with Gasteiger partial charge in [-0.1, -0.05) is 0 Å². The molecule has 0 aliphatic carbocycles. The monoisotopic (exact) mass is 349 g/mol. The molecule has 0 bridgehead atoms. The van der Waals surface area contributed by atoms with Crippen LogP contribution < -0.4 is 15.1 Å². The van der Waals surface area contributed by atoms with E-state index in [9.17, 15) is 9.59 Å². The van der Waals surface area contributed by atoms with Crippen molar-refractivity contribution < 1.29 is 19.5 Å². The molecule has 7 nitrogen and oxygen atoms in total. The number of benzene rings is 1. The highest BCUT2D eigenvalue weighted by atomic mass is 16.6. The van der Waals surface area contributed by atoms with E-state index < -0.39 is 0 Å². The van der Waals surface area contributed by atoms with E-state index in [4.69, 9.17) is 9.94 Å². The fraction of sp³-hybridized carbons (Fsp3) is 0.556. The van der Waals surface area contributed by atoms with Crippen LogP contribution in [0.3, 0.4) is 0 Å². The molecular weight excluding hydrogens is 322 g/mol. The van der Waals surface area contributed by atoms with Gasteiger partial charge in [0.2, 0.25) is 5.91 Å². The van der Waals surface area contributed by atoms with E-state index in [-0.39, 0.29) is 12.0 Å². The number of nitrogens with zero attached hydrogens (tertiary/aromatic N) is 2.